The van der Waals surface area contributed by atoms with Gasteiger partial charge in [-0.3, -0.25) is 4.79 Å². The standard InChI is InChI=1S/C19H26N2O4S/c1-11-6-7-13(26(20,23)24)10-15(11)19(22)21-17-14-8-9-25-18(14)16(17)12-4-2-3-5-12/h6-7,10,12,14,16-18H,2-5,8-9H2,1H3,(H,21,22)(H2,20,23,24)/t14-,16+,17-,18-/m0/s1. The zero-order chi connectivity index (χ0) is 18.5. The first kappa shape index (κ1) is 17.9. The fraction of sp³-hybridized carbons (Fsp3) is 0.632. The monoisotopic (exact) mass is 378 g/mol. The number of carbonyl (C=O) groups excluding carboxylic acids is 1. The van der Waals surface area contributed by atoms with Crippen LogP contribution in [0.1, 0.15) is 48.0 Å². The molecule has 3 fully saturated rings. The van der Waals surface area contributed by atoms with Gasteiger partial charge in [0.2, 0.25) is 10.0 Å². The molecule has 2 saturated carbocycles. The molecule has 6 nitrogen and oxygen atoms in total. The second-order valence-corrected chi connectivity index (χ2v) is 9.49. The number of aryl methyl sites for hydroxylation is 1. The molecule has 0 bridgehead atoms. The van der Waals surface area contributed by atoms with E-state index in [-0.39, 0.29) is 22.9 Å². The molecule has 0 unspecified atom stereocenters. The van der Waals surface area contributed by atoms with Crippen LogP contribution in [0.5, 0.6) is 0 Å². The molecule has 1 aliphatic heterocycles. The van der Waals surface area contributed by atoms with Gasteiger partial charge in [0.05, 0.1) is 11.0 Å². The number of sulfonamides is 1. The van der Waals surface area contributed by atoms with Gasteiger partial charge in [-0.05, 0) is 37.0 Å². The average Bonchev–Trinajstić information content (AvgIpc) is 3.23. The maximum atomic E-state index is 12.9. The molecule has 26 heavy (non-hydrogen) atoms. The van der Waals surface area contributed by atoms with E-state index in [4.69, 9.17) is 9.88 Å². The number of hydrogen-bond donors (Lipinski definition) is 2. The number of hydrogen-bond acceptors (Lipinski definition) is 4. The molecular formula is C19H26N2O4S. The van der Waals surface area contributed by atoms with Crippen molar-refractivity contribution in [1.29, 1.82) is 0 Å². The van der Waals surface area contributed by atoms with Crippen LogP contribution < -0.4 is 10.5 Å². The lowest BCUT2D eigenvalue weighted by molar-refractivity contribution is -0.0784. The summed E-state index contributed by atoms with van der Waals surface area (Å²) in [6.45, 7) is 2.57. The number of carbonyl (C=O) groups is 1. The summed E-state index contributed by atoms with van der Waals surface area (Å²) >= 11 is 0. The Kier molecular flexibility index (Phi) is 4.57. The molecular weight excluding hydrogens is 352 g/mol. The lowest BCUT2D eigenvalue weighted by Gasteiger charge is -2.50. The van der Waals surface area contributed by atoms with Crippen molar-refractivity contribution < 1.29 is 17.9 Å². The van der Waals surface area contributed by atoms with Crippen molar-refractivity contribution in [2.24, 2.45) is 22.9 Å². The number of nitrogens with two attached hydrogens (primary N) is 1. The Labute approximate surface area is 154 Å². The molecule has 1 aromatic carbocycles. The van der Waals surface area contributed by atoms with Crippen LogP contribution in [0.4, 0.5) is 0 Å². The molecule has 1 saturated heterocycles. The van der Waals surface area contributed by atoms with Gasteiger partial charge in [-0.2, -0.15) is 0 Å². The summed E-state index contributed by atoms with van der Waals surface area (Å²) in [6.07, 6.45) is 6.20. The third kappa shape index (κ3) is 3.06. The first-order chi connectivity index (χ1) is 12.4. The second-order valence-electron chi connectivity index (χ2n) is 7.93. The van der Waals surface area contributed by atoms with E-state index in [0.29, 0.717) is 23.3 Å². The van der Waals surface area contributed by atoms with Crippen molar-refractivity contribution in [3.63, 3.8) is 0 Å². The van der Waals surface area contributed by atoms with Gasteiger partial charge in [-0.15, -0.1) is 0 Å². The molecule has 1 heterocycles. The molecule has 1 amide bonds. The molecule has 7 heteroatoms. The molecule has 1 aromatic rings. The minimum Gasteiger partial charge on any atom is -0.377 e. The molecule has 0 radical (unpaired) electrons. The van der Waals surface area contributed by atoms with Crippen LogP contribution in [-0.2, 0) is 14.8 Å². The Bertz CT molecular complexity index is 812. The second kappa shape index (κ2) is 6.62. The number of amides is 1. The zero-order valence-electron chi connectivity index (χ0n) is 15.0. The number of benzene rings is 1. The molecule has 0 spiro atoms. The van der Waals surface area contributed by atoms with Crippen LogP contribution in [0, 0.1) is 24.7 Å². The minimum atomic E-state index is -3.83. The molecule has 0 aromatic heterocycles. The number of primary sulfonamides is 1. The Morgan fingerprint density at radius 2 is 1.96 bits per heavy atom. The number of ether oxygens (including phenoxy) is 1. The Hall–Kier alpha value is -1.44. The van der Waals surface area contributed by atoms with E-state index in [9.17, 15) is 13.2 Å². The van der Waals surface area contributed by atoms with E-state index in [2.05, 4.69) is 5.32 Å². The first-order valence-corrected chi connectivity index (χ1v) is 11.0. The Morgan fingerprint density at radius 3 is 2.65 bits per heavy atom. The smallest absolute Gasteiger partial charge is 0.251 e. The highest BCUT2D eigenvalue weighted by Gasteiger charge is 2.57. The van der Waals surface area contributed by atoms with E-state index < -0.39 is 10.0 Å². The molecule has 2 aliphatic carbocycles. The van der Waals surface area contributed by atoms with E-state index in [1.165, 1.54) is 37.8 Å². The van der Waals surface area contributed by atoms with Crippen LogP contribution in [-0.4, -0.2) is 33.1 Å². The largest absolute Gasteiger partial charge is 0.377 e. The van der Waals surface area contributed by atoms with Gasteiger partial charge in [-0.25, -0.2) is 13.6 Å². The van der Waals surface area contributed by atoms with Gasteiger partial charge >= 0.3 is 0 Å². The molecule has 4 rings (SSSR count). The molecule has 3 aliphatic rings. The van der Waals surface area contributed by atoms with Gasteiger partial charge in [0, 0.05) is 30.0 Å². The summed E-state index contributed by atoms with van der Waals surface area (Å²) in [5.41, 5.74) is 1.12. The summed E-state index contributed by atoms with van der Waals surface area (Å²) < 4.78 is 29.2. The highest BCUT2D eigenvalue weighted by atomic mass is 32.2. The summed E-state index contributed by atoms with van der Waals surface area (Å²) in [7, 11) is -3.83. The van der Waals surface area contributed by atoms with Crippen molar-refractivity contribution in [3.05, 3.63) is 29.3 Å². The summed E-state index contributed by atoms with van der Waals surface area (Å²) in [6, 6.07) is 4.57. The topological polar surface area (TPSA) is 98.5 Å². The van der Waals surface area contributed by atoms with Crippen molar-refractivity contribution in [1.82, 2.24) is 5.32 Å². The Balaban J connectivity index is 1.55. The predicted octanol–water partition coefficient (Wildman–Crippen LogP) is 1.97. The van der Waals surface area contributed by atoms with Crippen LogP contribution in [0.25, 0.3) is 0 Å². The lowest BCUT2D eigenvalue weighted by atomic mass is 9.61. The van der Waals surface area contributed by atoms with Crippen molar-refractivity contribution in [2.45, 2.75) is 56.1 Å². The van der Waals surface area contributed by atoms with E-state index in [0.717, 1.165) is 18.6 Å². The summed E-state index contributed by atoms with van der Waals surface area (Å²) in [5, 5.41) is 8.41. The van der Waals surface area contributed by atoms with Crippen molar-refractivity contribution in [3.8, 4) is 0 Å². The quantitative estimate of drug-likeness (QED) is 0.837. The zero-order valence-corrected chi connectivity index (χ0v) is 15.8. The van der Waals surface area contributed by atoms with Crippen molar-refractivity contribution in [2.75, 3.05) is 6.61 Å². The summed E-state index contributed by atoms with van der Waals surface area (Å²) in [4.78, 5) is 12.9. The van der Waals surface area contributed by atoms with Crippen LogP contribution in [0.15, 0.2) is 23.1 Å². The highest BCUT2D eigenvalue weighted by molar-refractivity contribution is 7.89. The maximum Gasteiger partial charge on any atom is 0.251 e. The highest BCUT2D eigenvalue weighted by Crippen LogP contribution is 2.51. The van der Waals surface area contributed by atoms with Gasteiger partial charge in [0.1, 0.15) is 0 Å². The SMILES string of the molecule is Cc1ccc(S(N)(=O)=O)cc1C(=O)N[C@H]1[C@@H]2CCO[C@@H]2[C@@H]1C1CCCC1. The first-order valence-electron chi connectivity index (χ1n) is 9.42. The molecule has 3 N–H and O–H groups in total. The van der Waals surface area contributed by atoms with E-state index in [1.54, 1.807) is 13.0 Å². The van der Waals surface area contributed by atoms with E-state index in [1.807, 2.05) is 0 Å². The predicted molar refractivity (Wildman–Crippen MR) is 97.1 cm³/mol. The minimum absolute atomic E-state index is 0.0312. The number of rotatable bonds is 4. The number of nitrogens with one attached hydrogen (secondary N) is 1. The van der Waals surface area contributed by atoms with Gasteiger partial charge in [0.15, 0.2) is 0 Å². The third-order valence-electron chi connectivity index (χ3n) is 6.46. The fourth-order valence-corrected chi connectivity index (χ4v) is 5.65. The average molecular weight is 378 g/mol. The molecule has 4 atom stereocenters. The number of fused-ring (bicyclic) bond motifs is 1. The van der Waals surface area contributed by atoms with Crippen LogP contribution in [0.3, 0.4) is 0 Å². The van der Waals surface area contributed by atoms with Crippen LogP contribution >= 0.6 is 0 Å². The van der Waals surface area contributed by atoms with Gasteiger partial charge in [-0.1, -0.05) is 31.7 Å². The van der Waals surface area contributed by atoms with Gasteiger partial charge < -0.3 is 10.1 Å². The molecule has 142 valence electrons. The normalized spacial score (nSPS) is 31.5. The van der Waals surface area contributed by atoms with Gasteiger partial charge in [0.25, 0.3) is 5.91 Å². The summed E-state index contributed by atoms with van der Waals surface area (Å²) in [5.74, 6) is 1.17. The Morgan fingerprint density at radius 1 is 1.23 bits per heavy atom. The fourth-order valence-electron chi connectivity index (χ4n) is 5.11. The third-order valence-corrected chi connectivity index (χ3v) is 7.37. The van der Waals surface area contributed by atoms with Crippen LogP contribution in [0.2, 0.25) is 0 Å². The van der Waals surface area contributed by atoms with E-state index >= 15 is 0 Å². The van der Waals surface area contributed by atoms with Crippen molar-refractivity contribution >= 4 is 15.9 Å². The lowest BCUT2D eigenvalue weighted by Crippen LogP contribution is -2.63. The maximum absolute atomic E-state index is 12.9.